The van der Waals surface area contributed by atoms with Gasteiger partial charge in [0.15, 0.2) is 0 Å². The number of allylic oxidation sites excluding steroid dienone is 1. The van der Waals surface area contributed by atoms with Crippen LogP contribution in [-0.4, -0.2) is 84.3 Å². The summed E-state index contributed by atoms with van der Waals surface area (Å²) in [6, 6.07) is 14.3. The van der Waals surface area contributed by atoms with E-state index in [2.05, 4.69) is 5.32 Å². The monoisotopic (exact) mass is 657 g/mol. The molecule has 4 aliphatic rings. The standard InChI is InChI=1S/C37H43N3O8/c1-4-23(2)27(22-41)40-33-35(44)39(25-14-16-26(46-3)17-15-25)20-10-6-9-13-30(42)38-21-29(24-11-7-5-8-12-24)47-36(45)31-28-18-19-37(33,48-28)32(31)34(40)43/h5-8,10-12,14-19,23,27-29,31-33,41H,4,9,13,20-22H2,1-3H3,(H,38,42)/b10-6-/t23-,27-,28+,29+,31-,32-,33+,37-/m0/s1. The van der Waals surface area contributed by atoms with E-state index in [0.29, 0.717) is 29.8 Å². The molecule has 0 unspecified atom stereocenters. The molecule has 4 aliphatic heterocycles. The Balaban J connectivity index is 1.46. The zero-order valence-corrected chi connectivity index (χ0v) is 27.5. The molecule has 1 spiro atoms. The van der Waals surface area contributed by atoms with Gasteiger partial charge in [-0.05, 0) is 42.2 Å². The SMILES string of the molecule is CC[C@H](C)[C@H](CO)N1C(=O)[C@@H]2[C@H]3C(=O)O[C@@H](c4ccccc4)CNC(=O)CC/C=C\CN(c4ccc(OC)cc4)C(=O)[C@@H]1[C@]21C=C[C@H]3O1. The van der Waals surface area contributed by atoms with Crippen molar-refractivity contribution >= 4 is 29.4 Å². The molecule has 2 aromatic carbocycles. The van der Waals surface area contributed by atoms with E-state index in [-0.39, 0.29) is 37.9 Å². The summed E-state index contributed by atoms with van der Waals surface area (Å²) < 4.78 is 18.0. The first-order valence-electron chi connectivity index (χ1n) is 16.7. The first-order chi connectivity index (χ1) is 23.2. The van der Waals surface area contributed by atoms with Crippen molar-refractivity contribution in [3.05, 3.63) is 84.5 Å². The van der Waals surface area contributed by atoms with E-state index >= 15 is 4.79 Å². The number of nitrogens with zero attached hydrogens (tertiary/aromatic N) is 2. The second-order valence-electron chi connectivity index (χ2n) is 12.9. The summed E-state index contributed by atoms with van der Waals surface area (Å²) in [4.78, 5) is 59.8. The molecule has 8 atom stereocenters. The predicted molar refractivity (Wildman–Crippen MR) is 177 cm³/mol. The molecule has 2 fully saturated rings. The number of amides is 3. The number of benzene rings is 2. The topological polar surface area (TPSA) is 135 Å². The Labute approximate surface area is 280 Å². The lowest BCUT2D eigenvalue weighted by atomic mass is 9.74. The van der Waals surface area contributed by atoms with Gasteiger partial charge in [-0.1, -0.05) is 74.9 Å². The number of aliphatic hydroxyl groups excluding tert-OH is 1. The van der Waals surface area contributed by atoms with Crippen molar-refractivity contribution in [3.8, 4) is 5.75 Å². The van der Waals surface area contributed by atoms with Crippen molar-refractivity contribution in [2.75, 3.05) is 31.7 Å². The maximum Gasteiger partial charge on any atom is 0.313 e. The summed E-state index contributed by atoms with van der Waals surface area (Å²) in [7, 11) is 1.56. The third-order valence-electron chi connectivity index (χ3n) is 10.2. The molecule has 2 saturated heterocycles. The predicted octanol–water partition coefficient (Wildman–Crippen LogP) is 3.34. The lowest BCUT2D eigenvalue weighted by molar-refractivity contribution is -0.160. The number of cyclic esters (lactones) is 1. The first kappa shape index (κ1) is 33.4. The number of rotatable bonds is 7. The second kappa shape index (κ2) is 13.9. The highest BCUT2D eigenvalue weighted by Gasteiger charge is 2.74. The number of hydrogen-bond donors (Lipinski definition) is 2. The van der Waals surface area contributed by atoms with E-state index in [1.54, 1.807) is 48.4 Å². The Bertz CT molecular complexity index is 1580. The summed E-state index contributed by atoms with van der Waals surface area (Å²) in [5.41, 5.74) is -0.198. The zero-order chi connectivity index (χ0) is 34.0. The Morgan fingerprint density at radius 1 is 1.04 bits per heavy atom. The van der Waals surface area contributed by atoms with Gasteiger partial charge < -0.3 is 34.4 Å². The molecular formula is C37H43N3O8. The Morgan fingerprint density at radius 2 is 1.79 bits per heavy atom. The number of ether oxygens (including phenoxy) is 3. The lowest BCUT2D eigenvalue weighted by Gasteiger charge is -2.40. The average Bonchev–Trinajstić information content (AvgIpc) is 3.75. The van der Waals surface area contributed by atoms with Gasteiger partial charge in [-0.3, -0.25) is 19.2 Å². The Morgan fingerprint density at radius 3 is 2.48 bits per heavy atom. The summed E-state index contributed by atoms with van der Waals surface area (Å²) in [5, 5.41) is 13.6. The fraction of sp³-hybridized carbons (Fsp3) is 0.459. The fourth-order valence-corrected chi connectivity index (χ4v) is 7.48. The quantitative estimate of drug-likeness (QED) is 0.342. The molecule has 0 aromatic heterocycles. The van der Waals surface area contributed by atoms with Gasteiger partial charge in [0, 0.05) is 18.7 Å². The molecule has 4 heterocycles. The van der Waals surface area contributed by atoms with Crippen LogP contribution in [0, 0.1) is 17.8 Å². The third-order valence-corrected chi connectivity index (χ3v) is 10.2. The van der Waals surface area contributed by atoms with Crippen LogP contribution in [0.2, 0.25) is 0 Å². The molecule has 5 bridgehead atoms. The van der Waals surface area contributed by atoms with Gasteiger partial charge in [0.05, 0.1) is 38.3 Å². The number of anilines is 1. The zero-order valence-electron chi connectivity index (χ0n) is 27.5. The van der Waals surface area contributed by atoms with Crippen LogP contribution in [0.4, 0.5) is 5.69 Å². The number of methoxy groups -OCH3 is 1. The average molecular weight is 658 g/mol. The number of nitrogens with one attached hydrogen (secondary N) is 1. The molecule has 11 nitrogen and oxygen atoms in total. The highest BCUT2D eigenvalue weighted by molar-refractivity contribution is 6.05. The minimum Gasteiger partial charge on any atom is -0.497 e. The molecule has 0 aliphatic carbocycles. The van der Waals surface area contributed by atoms with Crippen LogP contribution in [0.3, 0.4) is 0 Å². The van der Waals surface area contributed by atoms with Crippen molar-refractivity contribution in [1.82, 2.24) is 10.2 Å². The number of aliphatic hydroxyl groups is 1. The van der Waals surface area contributed by atoms with Gasteiger partial charge in [-0.2, -0.15) is 0 Å². The summed E-state index contributed by atoms with van der Waals surface area (Å²) in [6.45, 7) is 3.73. The fourth-order valence-electron chi connectivity index (χ4n) is 7.48. The minimum atomic E-state index is -1.46. The normalized spacial score (nSPS) is 30.9. The van der Waals surface area contributed by atoms with Crippen LogP contribution in [0.5, 0.6) is 5.75 Å². The maximum absolute atomic E-state index is 15.0. The van der Waals surface area contributed by atoms with E-state index in [4.69, 9.17) is 14.2 Å². The number of hydrogen-bond acceptors (Lipinski definition) is 8. The van der Waals surface area contributed by atoms with E-state index in [0.717, 1.165) is 0 Å². The highest BCUT2D eigenvalue weighted by Crippen LogP contribution is 2.56. The molecule has 3 amide bonds. The molecule has 11 heteroatoms. The van der Waals surface area contributed by atoms with Crippen molar-refractivity contribution in [3.63, 3.8) is 0 Å². The molecule has 0 radical (unpaired) electrons. The van der Waals surface area contributed by atoms with Crippen molar-refractivity contribution in [2.45, 2.75) is 63.0 Å². The van der Waals surface area contributed by atoms with Crippen LogP contribution in [-0.2, 0) is 28.7 Å². The lowest BCUT2D eigenvalue weighted by Crippen LogP contribution is -2.59. The summed E-state index contributed by atoms with van der Waals surface area (Å²) in [5.74, 6) is -3.34. The van der Waals surface area contributed by atoms with Crippen LogP contribution in [0.15, 0.2) is 78.9 Å². The van der Waals surface area contributed by atoms with Crippen molar-refractivity contribution < 1.29 is 38.5 Å². The van der Waals surface area contributed by atoms with Gasteiger partial charge in [0.25, 0.3) is 5.91 Å². The second-order valence-corrected chi connectivity index (χ2v) is 12.9. The molecule has 0 saturated carbocycles. The van der Waals surface area contributed by atoms with Crippen LogP contribution >= 0.6 is 0 Å². The summed E-state index contributed by atoms with van der Waals surface area (Å²) >= 11 is 0. The minimum absolute atomic E-state index is 0.0508. The third kappa shape index (κ3) is 5.90. The molecular weight excluding hydrogens is 614 g/mol. The van der Waals surface area contributed by atoms with E-state index in [9.17, 15) is 19.5 Å². The molecule has 6 rings (SSSR count). The number of carbonyl (C=O) groups is 4. The maximum atomic E-state index is 15.0. The van der Waals surface area contributed by atoms with E-state index in [1.165, 1.54) is 4.90 Å². The summed E-state index contributed by atoms with van der Waals surface area (Å²) in [6.07, 6.45) is 6.83. The molecule has 48 heavy (non-hydrogen) atoms. The first-order valence-corrected chi connectivity index (χ1v) is 16.7. The van der Waals surface area contributed by atoms with Gasteiger partial charge in [0.2, 0.25) is 11.8 Å². The van der Waals surface area contributed by atoms with Crippen molar-refractivity contribution in [2.24, 2.45) is 17.8 Å². The Hall–Kier alpha value is -4.48. The molecule has 2 aromatic rings. The van der Waals surface area contributed by atoms with Crippen molar-refractivity contribution in [1.29, 1.82) is 0 Å². The van der Waals surface area contributed by atoms with Crippen LogP contribution in [0.1, 0.15) is 44.8 Å². The number of carbonyl (C=O) groups excluding carboxylic acids is 4. The molecule has 254 valence electrons. The van der Waals surface area contributed by atoms with Gasteiger partial charge in [-0.25, -0.2) is 0 Å². The number of fused-ring (bicyclic) bond motifs is 2. The van der Waals surface area contributed by atoms with E-state index < -0.39 is 59.5 Å². The van der Waals surface area contributed by atoms with Gasteiger partial charge >= 0.3 is 5.97 Å². The highest BCUT2D eigenvalue weighted by atomic mass is 16.6. The smallest absolute Gasteiger partial charge is 0.313 e. The molecule has 2 N–H and O–H groups in total. The van der Waals surface area contributed by atoms with Gasteiger partial charge in [-0.15, -0.1) is 0 Å². The van der Waals surface area contributed by atoms with E-state index in [1.807, 2.05) is 56.3 Å². The van der Waals surface area contributed by atoms with Gasteiger partial charge in [0.1, 0.15) is 29.4 Å². The Kier molecular flexibility index (Phi) is 9.70. The number of esters is 1. The van der Waals surface area contributed by atoms with Crippen LogP contribution in [0.25, 0.3) is 0 Å². The van der Waals surface area contributed by atoms with Crippen LogP contribution < -0.4 is 15.0 Å². The largest absolute Gasteiger partial charge is 0.497 e. The number of likely N-dealkylation sites (tertiary alicyclic amines) is 1.